The van der Waals surface area contributed by atoms with Gasteiger partial charge in [0.2, 0.25) is 5.91 Å². The first-order chi connectivity index (χ1) is 11.7. The zero-order chi connectivity index (χ0) is 18.4. The average Bonchev–Trinajstić information content (AvgIpc) is 2.74. The molecule has 0 bridgehead atoms. The van der Waals surface area contributed by atoms with Crippen molar-refractivity contribution >= 4 is 29.9 Å². The highest BCUT2D eigenvalue weighted by molar-refractivity contribution is 7.84. The number of allylic oxidation sites excluding steroid dienone is 1. The van der Waals surface area contributed by atoms with E-state index in [2.05, 4.69) is 22.6 Å². The second-order valence-corrected chi connectivity index (χ2v) is 7.16. The van der Waals surface area contributed by atoms with E-state index in [9.17, 15) is 4.79 Å². The minimum atomic E-state index is -0.643. The highest BCUT2D eigenvalue weighted by atomic mass is 32.1. The summed E-state index contributed by atoms with van der Waals surface area (Å²) in [6.45, 7) is 7.30. The largest absolute Gasteiger partial charge is 0.306 e. The average molecular weight is 352 g/mol. The minimum Gasteiger partial charge on any atom is -0.306 e. The van der Waals surface area contributed by atoms with Crippen molar-refractivity contribution in [3.8, 4) is 11.1 Å². The number of nitrogens with zero attached hydrogens (tertiary/aromatic N) is 3. The Kier molecular flexibility index (Phi) is 4.24. The van der Waals surface area contributed by atoms with E-state index in [0.29, 0.717) is 16.6 Å². The number of hydrogen-bond acceptors (Lipinski definition) is 5. The molecule has 128 valence electrons. The molecule has 1 amide bonds. The lowest BCUT2D eigenvalue weighted by atomic mass is 9.85. The van der Waals surface area contributed by atoms with Crippen molar-refractivity contribution in [1.29, 1.82) is 5.41 Å². The van der Waals surface area contributed by atoms with Crippen LogP contribution < -0.4 is 4.90 Å². The molecule has 1 N–H and O–H groups in total. The van der Waals surface area contributed by atoms with Gasteiger partial charge in [0.25, 0.3) is 0 Å². The third kappa shape index (κ3) is 2.98. The number of fused-ring (bicyclic) bond motifs is 1. The van der Waals surface area contributed by atoms with Crippen LogP contribution in [0.25, 0.3) is 11.1 Å². The standard InChI is InChI=1S/C19H20N4OS/c1-11(20)7-17(25)23-16-8-13(14-9-21-12(2)22-10-14)5-6-15(16)19(3,4)18(23)24/h5-10,20,25H,1-4H3/b17-7-,20-11?. The fourth-order valence-corrected chi connectivity index (χ4v) is 3.35. The minimum absolute atomic E-state index is 0.0534. The van der Waals surface area contributed by atoms with Gasteiger partial charge in [0.1, 0.15) is 5.82 Å². The van der Waals surface area contributed by atoms with Gasteiger partial charge in [0.05, 0.1) is 16.1 Å². The van der Waals surface area contributed by atoms with Gasteiger partial charge in [-0.3, -0.25) is 9.69 Å². The molecule has 1 aromatic carbocycles. The molecule has 0 aliphatic carbocycles. The third-order valence-corrected chi connectivity index (χ3v) is 4.67. The number of anilines is 1. The van der Waals surface area contributed by atoms with Gasteiger partial charge in [-0.2, -0.15) is 0 Å². The molecule has 0 atom stereocenters. The van der Waals surface area contributed by atoms with Gasteiger partial charge in [-0.15, -0.1) is 12.6 Å². The van der Waals surface area contributed by atoms with Crippen LogP contribution in [0, 0.1) is 12.3 Å². The number of carbonyl (C=O) groups excluding carboxylic acids is 1. The van der Waals surface area contributed by atoms with E-state index in [1.54, 1.807) is 30.3 Å². The molecule has 0 saturated carbocycles. The van der Waals surface area contributed by atoms with Crippen molar-refractivity contribution in [3.05, 3.63) is 53.1 Å². The molecule has 0 radical (unpaired) electrons. The van der Waals surface area contributed by atoms with Crippen LogP contribution in [0.3, 0.4) is 0 Å². The Labute approximate surface area is 152 Å². The van der Waals surface area contributed by atoms with E-state index in [1.807, 2.05) is 39.0 Å². The van der Waals surface area contributed by atoms with Crippen molar-refractivity contribution in [1.82, 2.24) is 9.97 Å². The van der Waals surface area contributed by atoms with Crippen LogP contribution in [0.15, 0.2) is 41.7 Å². The number of aromatic nitrogens is 2. The molecule has 0 spiro atoms. The van der Waals surface area contributed by atoms with Crippen LogP contribution in [0.2, 0.25) is 0 Å². The van der Waals surface area contributed by atoms with Crippen molar-refractivity contribution in [2.75, 3.05) is 4.90 Å². The Morgan fingerprint density at radius 2 is 1.88 bits per heavy atom. The van der Waals surface area contributed by atoms with Gasteiger partial charge in [-0.1, -0.05) is 12.1 Å². The maximum Gasteiger partial charge on any atom is 0.242 e. The van der Waals surface area contributed by atoms with E-state index in [4.69, 9.17) is 5.41 Å². The lowest BCUT2D eigenvalue weighted by Crippen LogP contribution is -2.34. The summed E-state index contributed by atoms with van der Waals surface area (Å²) >= 11 is 4.46. The smallest absolute Gasteiger partial charge is 0.242 e. The number of hydrogen-bond donors (Lipinski definition) is 2. The first kappa shape index (κ1) is 17.4. The predicted molar refractivity (Wildman–Crippen MR) is 103 cm³/mol. The number of carbonyl (C=O) groups is 1. The van der Waals surface area contributed by atoms with Crippen molar-refractivity contribution < 1.29 is 4.79 Å². The Hall–Kier alpha value is -2.47. The molecule has 5 nitrogen and oxygen atoms in total. The molecule has 2 aromatic rings. The second kappa shape index (κ2) is 6.11. The van der Waals surface area contributed by atoms with Crippen molar-refractivity contribution in [3.63, 3.8) is 0 Å². The maximum atomic E-state index is 12.9. The summed E-state index contributed by atoms with van der Waals surface area (Å²) in [6, 6.07) is 5.91. The maximum absolute atomic E-state index is 12.9. The fourth-order valence-electron chi connectivity index (χ4n) is 2.96. The third-order valence-electron chi connectivity index (χ3n) is 4.34. The number of nitrogens with one attached hydrogen (secondary N) is 1. The summed E-state index contributed by atoms with van der Waals surface area (Å²) in [6.07, 6.45) is 5.12. The summed E-state index contributed by atoms with van der Waals surface area (Å²) in [4.78, 5) is 23.0. The van der Waals surface area contributed by atoms with E-state index >= 15 is 0 Å². The number of aryl methyl sites for hydroxylation is 1. The Balaban J connectivity index is 2.16. The number of amides is 1. The van der Waals surface area contributed by atoms with Crippen LogP contribution in [-0.2, 0) is 10.2 Å². The molecule has 1 aliphatic heterocycles. The Morgan fingerprint density at radius 3 is 2.48 bits per heavy atom. The quantitative estimate of drug-likeness (QED) is 0.650. The van der Waals surface area contributed by atoms with Gasteiger partial charge < -0.3 is 5.41 Å². The number of rotatable bonds is 3. The summed E-state index contributed by atoms with van der Waals surface area (Å²) in [5.41, 5.74) is 3.25. The highest BCUT2D eigenvalue weighted by Crippen LogP contribution is 2.45. The molecule has 0 unspecified atom stereocenters. The molecule has 0 fully saturated rings. The van der Waals surface area contributed by atoms with Crippen LogP contribution in [0.1, 0.15) is 32.2 Å². The van der Waals surface area contributed by atoms with Crippen LogP contribution >= 0.6 is 12.6 Å². The first-order valence-electron chi connectivity index (χ1n) is 7.95. The molecule has 1 aliphatic rings. The van der Waals surface area contributed by atoms with Crippen molar-refractivity contribution in [2.24, 2.45) is 0 Å². The van der Waals surface area contributed by atoms with E-state index < -0.39 is 5.41 Å². The van der Waals surface area contributed by atoms with E-state index in [-0.39, 0.29) is 5.91 Å². The van der Waals surface area contributed by atoms with Gasteiger partial charge in [0, 0.05) is 23.7 Å². The summed E-state index contributed by atoms with van der Waals surface area (Å²) < 4.78 is 0. The lowest BCUT2D eigenvalue weighted by molar-refractivity contribution is -0.121. The SMILES string of the molecule is CC(=N)/C=C(\S)N1C(=O)C(C)(C)c2ccc(-c3cnc(C)nc3)cc21. The van der Waals surface area contributed by atoms with Crippen LogP contribution in [-0.4, -0.2) is 21.6 Å². The zero-order valence-electron chi connectivity index (χ0n) is 14.7. The van der Waals surface area contributed by atoms with E-state index in [0.717, 1.165) is 22.4 Å². The van der Waals surface area contributed by atoms with Gasteiger partial charge in [-0.25, -0.2) is 9.97 Å². The normalized spacial score (nSPS) is 16.1. The molecular formula is C19H20N4OS. The molecule has 0 saturated heterocycles. The Morgan fingerprint density at radius 1 is 1.24 bits per heavy atom. The lowest BCUT2D eigenvalue weighted by Gasteiger charge is -2.20. The summed E-state index contributed by atoms with van der Waals surface area (Å²) in [5.74, 6) is 0.659. The highest BCUT2D eigenvalue weighted by Gasteiger charge is 2.44. The van der Waals surface area contributed by atoms with Gasteiger partial charge in [0.15, 0.2) is 0 Å². The summed E-state index contributed by atoms with van der Waals surface area (Å²) in [5, 5.41) is 8.10. The number of benzene rings is 1. The molecule has 1 aromatic heterocycles. The zero-order valence-corrected chi connectivity index (χ0v) is 15.6. The molecule has 25 heavy (non-hydrogen) atoms. The Bertz CT molecular complexity index is 900. The first-order valence-corrected chi connectivity index (χ1v) is 8.40. The predicted octanol–water partition coefficient (Wildman–Crippen LogP) is 3.89. The van der Waals surface area contributed by atoms with Gasteiger partial charge in [-0.05, 0) is 51.0 Å². The molecular weight excluding hydrogens is 332 g/mol. The molecule has 6 heteroatoms. The van der Waals surface area contributed by atoms with Crippen molar-refractivity contribution in [2.45, 2.75) is 33.1 Å². The fraction of sp³-hybridized carbons (Fsp3) is 0.263. The molecule has 2 heterocycles. The van der Waals surface area contributed by atoms with E-state index in [1.165, 1.54) is 0 Å². The van der Waals surface area contributed by atoms with Gasteiger partial charge >= 0.3 is 0 Å². The number of thiol groups is 1. The topological polar surface area (TPSA) is 69.9 Å². The second-order valence-electron chi connectivity index (χ2n) is 6.70. The monoisotopic (exact) mass is 352 g/mol. The van der Waals surface area contributed by atoms with Crippen LogP contribution in [0.4, 0.5) is 5.69 Å². The van der Waals surface area contributed by atoms with Crippen LogP contribution in [0.5, 0.6) is 0 Å². The summed E-state index contributed by atoms with van der Waals surface area (Å²) in [7, 11) is 0. The molecule has 3 rings (SSSR count).